The number of nitrogens with zero attached hydrogens (tertiary/aromatic N) is 2. The first-order valence-corrected chi connectivity index (χ1v) is 10.7. The predicted molar refractivity (Wildman–Crippen MR) is 131 cm³/mol. The molecule has 0 amide bonds. The van der Waals surface area contributed by atoms with E-state index in [9.17, 15) is 0 Å². The lowest BCUT2D eigenvalue weighted by molar-refractivity contribution is 0.0177. The second-order valence-corrected chi connectivity index (χ2v) is 7.55. The van der Waals surface area contributed by atoms with Gasteiger partial charge in [0, 0.05) is 38.1 Å². The molecule has 0 aliphatic carbocycles. The molecule has 6 nitrogen and oxygen atoms in total. The largest absolute Gasteiger partial charge is 0.494 e. The van der Waals surface area contributed by atoms with Gasteiger partial charge in [-0.15, -0.1) is 35.3 Å². The molecule has 0 radical (unpaired) electrons. The minimum Gasteiger partial charge on any atom is -0.494 e. The predicted octanol–water partition coefficient (Wildman–Crippen LogP) is 3.50. The number of morpholine rings is 1. The van der Waals surface area contributed by atoms with Crippen LogP contribution in [-0.4, -0.2) is 57.4 Å². The van der Waals surface area contributed by atoms with Crippen molar-refractivity contribution in [3.63, 3.8) is 0 Å². The van der Waals surface area contributed by atoms with Crippen LogP contribution in [0.1, 0.15) is 23.4 Å². The Bertz CT molecular complexity index is 736. The molecule has 29 heavy (non-hydrogen) atoms. The van der Waals surface area contributed by atoms with E-state index < -0.39 is 0 Å². The van der Waals surface area contributed by atoms with Gasteiger partial charge in [-0.3, -0.25) is 9.89 Å². The van der Waals surface area contributed by atoms with Gasteiger partial charge < -0.3 is 20.1 Å². The summed E-state index contributed by atoms with van der Waals surface area (Å²) in [4.78, 5) is 8.24. The highest BCUT2D eigenvalue weighted by Crippen LogP contribution is 2.25. The summed E-state index contributed by atoms with van der Waals surface area (Å²) in [6, 6.07) is 12.8. The second-order valence-electron chi connectivity index (χ2n) is 6.57. The second kappa shape index (κ2) is 13.0. The zero-order chi connectivity index (χ0) is 19.6. The summed E-state index contributed by atoms with van der Waals surface area (Å²) in [5.41, 5.74) is 1.16. The maximum Gasteiger partial charge on any atom is 0.191 e. The van der Waals surface area contributed by atoms with Crippen LogP contribution in [0.25, 0.3) is 0 Å². The third-order valence-corrected chi connectivity index (χ3v) is 5.69. The fourth-order valence-corrected chi connectivity index (χ4v) is 4.15. The molecule has 2 N–H and O–H groups in total. The first kappa shape index (κ1) is 23.9. The first-order valence-electron chi connectivity index (χ1n) is 9.81. The Balaban J connectivity index is 0.00000300. The molecule has 3 rings (SSSR count). The zero-order valence-electron chi connectivity index (χ0n) is 17.1. The van der Waals surface area contributed by atoms with Crippen molar-refractivity contribution in [1.82, 2.24) is 15.5 Å². The van der Waals surface area contributed by atoms with Crippen molar-refractivity contribution in [3.8, 4) is 5.75 Å². The van der Waals surface area contributed by atoms with E-state index in [1.54, 1.807) is 18.4 Å². The highest BCUT2D eigenvalue weighted by molar-refractivity contribution is 14.0. The summed E-state index contributed by atoms with van der Waals surface area (Å²) in [6.07, 6.45) is 0. The monoisotopic (exact) mass is 530 g/mol. The molecule has 1 aromatic heterocycles. The van der Waals surface area contributed by atoms with Crippen molar-refractivity contribution >= 4 is 41.3 Å². The Hall–Kier alpha value is -1.36. The minimum atomic E-state index is 0. The molecular formula is C21H31IN4O2S. The number of guanidine groups is 1. The molecule has 1 aromatic carbocycles. The summed E-state index contributed by atoms with van der Waals surface area (Å²) in [6.45, 7) is 7.68. The number of benzene rings is 1. The summed E-state index contributed by atoms with van der Waals surface area (Å²) >= 11 is 1.80. The van der Waals surface area contributed by atoms with E-state index in [0.29, 0.717) is 19.2 Å². The van der Waals surface area contributed by atoms with Crippen molar-refractivity contribution in [3.05, 3.63) is 52.2 Å². The molecule has 0 spiro atoms. The maximum atomic E-state index is 5.58. The van der Waals surface area contributed by atoms with Crippen molar-refractivity contribution in [2.75, 3.05) is 46.5 Å². The summed E-state index contributed by atoms with van der Waals surface area (Å²) in [5.74, 6) is 1.70. The molecule has 1 fully saturated rings. The number of nitrogens with one attached hydrogen (secondary N) is 2. The highest BCUT2D eigenvalue weighted by atomic mass is 127. The lowest BCUT2D eigenvalue weighted by atomic mass is 10.2. The van der Waals surface area contributed by atoms with Crippen LogP contribution in [0.2, 0.25) is 0 Å². The number of halogens is 1. The third kappa shape index (κ3) is 7.44. The van der Waals surface area contributed by atoms with E-state index in [0.717, 1.165) is 50.1 Å². The van der Waals surface area contributed by atoms with Gasteiger partial charge in [-0.05, 0) is 36.1 Å². The van der Waals surface area contributed by atoms with Crippen molar-refractivity contribution in [2.24, 2.45) is 4.99 Å². The van der Waals surface area contributed by atoms with Gasteiger partial charge in [0.15, 0.2) is 5.96 Å². The van der Waals surface area contributed by atoms with Crippen molar-refractivity contribution in [1.29, 1.82) is 0 Å². The molecule has 1 atom stereocenters. The van der Waals surface area contributed by atoms with Crippen molar-refractivity contribution in [2.45, 2.75) is 19.5 Å². The van der Waals surface area contributed by atoms with Gasteiger partial charge in [0.2, 0.25) is 0 Å². The number of hydrogen-bond donors (Lipinski definition) is 2. The van der Waals surface area contributed by atoms with Crippen LogP contribution in [0.4, 0.5) is 0 Å². The molecule has 160 valence electrons. The molecule has 0 bridgehead atoms. The Morgan fingerprint density at radius 3 is 2.76 bits per heavy atom. The van der Waals surface area contributed by atoms with Crippen molar-refractivity contribution < 1.29 is 9.47 Å². The van der Waals surface area contributed by atoms with E-state index in [1.807, 2.05) is 19.1 Å². The Morgan fingerprint density at radius 2 is 2.07 bits per heavy atom. The normalized spacial score (nSPS) is 16.0. The lowest BCUT2D eigenvalue weighted by Crippen LogP contribution is -2.46. The Morgan fingerprint density at radius 1 is 1.24 bits per heavy atom. The fourth-order valence-electron chi connectivity index (χ4n) is 3.29. The highest BCUT2D eigenvalue weighted by Gasteiger charge is 2.23. The third-order valence-electron chi connectivity index (χ3n) is 4.71. The summed E-state index contributed by atoms with van der Waals surface area (Å²) in [5, 5.41) is 9.04. The van der Waals surface area contributed by atoms with Crippen LogP contribution in [0.15, 0.2) is 46.8 Å². The number of aliphatic imine (C=N–C) groups is 1. The fraction of sp³-hybridized carbons (Fsp3) is 0.476. The topological polar surface area (TPSA) is 58.1 Å². The average Bonchev–Trinajstić information content (AvgIpc) is 3.26. The number of thiophene rings is 1. The maximum absolute atomic E-state index is 5.58. The van der Waals surface area contributed by atoms with Gasteiger partial charge in [0.25, 0.3) is 0 Å². The van der Waals surface area contributed by atoms with Crippen LogP contribution < -0.4 is 15.4 Å². The van der Waals surface area contributed by atoms with Crippen LogP contribution in [-0.2, 0) is 11.3 Å². The summed E-state index contributed by atoms with van der Waals surface area (Å²) in [7, 11) is 1.81. The molecular weight excluding hydrogens is 499 g/mol. The molecule has 1 aliphatic rings. The van der Waals surface area contributed by atoms with Crippen LogP contribution in [0, 0.1) is 0 Å². The Kier molecular flexibility index (Phi) is 10.8. The molecule has 8 heteroatoms. The molecule has 1 saturated heterocycles. The van der Waals surface area contributed by atoms with Gasteiger partial charge in [-0.1, -0.05) is 18.2 Å². The van der Waals surface area contributed by atoms with Gasteiger partial charge in [0.05, 0.1) is 25.9 Å². The molecule has 2 aromatic rings. The van der Waals surface area contributed by atoms with Gasteiger partial charge in [-0.2, -0.15) is 0 Å². The van der Waals surface area contributed by atoms with E-state index in [1.165, 1.54) is 4.88 Å². The standard InChI is InChI=1S/C21H30N4O2S.HI/c1-3-27-18-7-4-6-17(14-18)15-23-21(22-2)24-16-19(20-8-5-13-28-20)25-9-11-26-12-10-25;/h4-8,13-14,19H,3,9-12,15-16H2,1-2H3,(H2,22,23,24);1H. The number of ether oxygens (including phenoxy) is 2. The van der Waals surface area contributed by atoms with Crippen LogP contribution in [0.5, 0.6) is 5.75 Å². The lowest BCUT2D eigenvalue weighted by Gasteiger charge is -2.34. The molecule has 0 saturated carbocycles. The van der Waals surface area contributed by atoms with E-state index in [4.69, 9.17) is 9.47 Å². The molecule has 1 unspecified atom stereocenters. The zero-order valence-corrected chi connectivity index (χ0v) is 20.2. The molecule has 2 heterocycles. The quantitative estimate of drug-likeness (QED) is 0.311. The molecule has 1 aliphatic heterocycles. The SMILES string of the molecule is CCOc1cccc(CNC(=NC)NCC(c2cccs2)N2CCOCC2)c1.I. The Labute approximate surface area is 194 Å². The number of rotatable bonds is 8. The van der Waals surface area contributed by atoms with Crippen LogP contribution in [0.3, 0.4) is 0 Å². The minimum absolute atomic E-state index is 0. The van der Waals surface area contributed by atoms with E-state index in [-0.39, 0.29) is 24.0 Å². The first-order chi connectivity index (χ1) is 13.8. The number of hydrogen-bond acceptors (Lipinski definition) is 5. The summed E-state index contributed by atoms with van der Waals surface area (Å²) < 4.78 is 11.1. The van der Waals surface area contributed by atoms with E-state index >= 15 is 0 Å². The van der Waals surface area contributed by atoms with Gasteiger partial charge >= 0.3 is 0 Å². The van der Waals surface area contributed by atoms with Gasteiger partial charge in [0.1, 0.15) is 5.75 Å². The van der Waals surface area contributed by atoms with Gasteiger partial charge in [-0.25, -0.2) is 0 Å². The van der Waals surface area contributed by atoms with E-state index in [2.05, 4.69) is 50.2 Å². The average molecular weight is 530 g/mol. The van der Waals surface area contributed by atoms with Crippen LogP contribution >= 0.6 is 35.3 Å². The smallest absolute Gasteiger partial charge is 0.191 e.